The second-order valence-corrected chi connectivity index (χ2v) is 5.66. The second-order valence-electron chi connectivity index (χ2n) is 3.90. The topological polar surface area (TPSA) is 49.3 Å². The fraction of sp³-hybridized carbons (Fsp3) is 0. The van der Waals surface area contributed by atoms with E-state index in [0.717, 1.165) is 6.07 Å². The Morgan fingerprint density at radius 3 is 2.55 bits per heavy atom. The highest BCUT2D eigenvalue weighted by Crippen LogP contribution is 2.35. The smallest absolute Gasteiger partial charge is 0.255 e. The minimum atomic E-state index is -0.598. The fourth-order valence-corrected chi connectivity index (χ4v) is 2.50. The summed E-state index contributed by atoms with van der Waals surface area (Å²) in [6, 6.07) is 6.43. The average Bonchev–Trinajstić information content (AvgIpc) is 2.34. The van der Waals surface area contributed by atoms with E-state index in [2.05, 4.69) is 21.2 Å². The van der Waals surface area contributed by atoms with E-state index < -0.39 is 11.7 Å². The number of nitrogens with one attached hydrogen (secondary N) is 1. The molecule has 0 unspecified atom stereocenters. The molecule has 0 radical (unpaired) electrons. The molecule has 2 rings (SSSR count). The number of aromatic hydroxyl groups is 1. The first kappa shape index (κ1) is 15.1. The molecule has 0 saturated heterocycles. The van der Waals surface area contributed by atoms with Gasteiger partial charge in [0.25, 0.3) is 5.91 Å². The molecular weight excluding hydrogens is 372 g/mol. The van der Waals surface area contributed by atoms with Crippen LogP contribution in [0.4, 0.5) is 10.1 Å². The maximum absolute atomic E-state index is 13.2. The first-order chi connectivity index (χ1) is 9.36. The molecule has 0 bridgehead atoms. The Bertz CT molecular complexity index is 674. The van der Waals surface area contributed by atoms with Crippen LogP contribution in [0.15, 0.2) is 34.8 Å². The molecule has 104 valence electrons. The molecule has 2 aromatic rings. The zero-order chi connectivity index (χ0) is 14.9. The van der Waals surface area contributed by atoms with Gasteiger partial charge < -0.3 is 10.4 Å². The Morgan fingerprint density at radius 1 is 1.20 bits per heavy atom. The molecule has 3 nitrogen and oxygen atoms in total. The zero-order valence-corrected chi connectivity index (χ0v) is 12.9. The summed E-state index contributed by atoms with van der Waals surface area (Å²) in [5, 5.41) is 12.4. The molecule has 20 heavy (non-hydrogen) atoms. The van der Waals surface area contributed by atoms with Crippen LogP contribution in [0.3, 0.4) is 0 Å². The highest BCUT2D eigenvalue weighted by molar-refractivity contribution is 9.10. The van der Waals surface area contributed by atoms with Crippen LogP contribution in [0.25, 0.3) is 0 Å². The largest absolute Gasteiger partial charge is 0.504 e. The highest BCUT2D eigenvalue weighted by Gasteiger charge is 2.13. The highest BCUT2D eigenvalue weighted by atomic mass is 79.9. The van der Waals surface area contributed by atoms with Crippen molar-refractivity contribution in [1.82, 2.24) is 0 Å². The summed E-state index contributed by atoms with van der Waals surface area (Å²) in [6.45, 7) is 0. The number of hydrogen-bond donors (Lipinski definition) is 2. The lowest BCUT2D eigenvalue weighted by molar-refractivity contribution is 0.102. The number of halogens is 4. The summed E-state index contributed by atoms with van der Waals surface area (Å²) in [6.07, 6.45) is 0. The van der Waals surface area contributed by atoms with Crippen LogP contribution in [-0.4, -0.2) is 11.0 Å². The summed E-state index contributed by atoms with van der Waals surface area (Å²) in [7, 11) is 0. The molecule has 0 aliphatic rings. The van der Waals surface area contributed by atoms with Gasteiger partial charge >= 0.3 is 0 Å². The molecular formula is C13H7BrCl2FNO2. The van der Waals surface area contributed by atoms with Crippen molar-refractivity contribution in [2.75, 3.05) is 5.32 Å². The van der Waals surface area contributed by atoms with Crippen molar-refractivity contribution in [2.45, 2.75) is 0 Å². The van der Waals surface area contributed by atoms with Crippen molar-refractivity contribution in [2.24, 2.45) is 0 Å². The lowest BCUT2D eigenvalue weighted by Gasteiger charge is -2.09. The number of carbonyl (C=O) groups excluding carboxylic acids is 1. The van der Waals surface area contributed by atoms with Crippen LogP contribution in [0, 0.1) is 5.82 Å². The van der Waals surface area contributed by atoms with Crippen LogP contribution in [-0.2, 0) is 0 Å². The Morgan fingerprint density at radius 2 is 1.90 bits per heavy atom. The number of benzene rings is 2. The van der Waals surface area contributed by atoms with Gasteiger partial charge in [-0.05, 0) is 30.3 Å². The van der Waals surface area contributed by atoms with Crippen LogP contribution >= 0.6 is 39.1 Å². The maximum atomic E-state index is 13.2. The Balaban J connectivity index is 2.32. The van der Waals surface area contributed by atoms with Crippen molar-refractivity contribution in [1.29, 1.82) is 0 Å². The monoisotopic (exact) mass is 377 g/mol. The summed E-state index contributed by atoms with van der Waals surface area (Å²) in [5.74, 6) is -1.46. The van der Waals surface area contributed by atoms with E-state index in [1.165, 1.54) is 24.3 Å². The molecule has 1 amide bonds. The maximum Gasteiger partial charge on any atom is 0.255 e. The molecule has 0 heterocycles. The van der Waals surface area contributed by atoms with Crippen LogP contribution in [0.5, 0.6) is 5.75 Å². The van der Waals surface area contributed by atoms with Gasteiger partial charge in [0, 0.05) is 15.1 Å². The van der Waals surface area contributed by atoms with Gasteiger partial charge in [-0.25, -0.2) is 4.39 Å². The van der Waals surface area contributed by atoms with E-state index >= 15 is 0 Å². The predicted molar refractivity (Wildman–Crippen MR) is 80.2 cm³/mol. The molecule has 7 heteroatoms. The molecule has 2 N–H and O–H groups in total. The quantitative estimate of drug-likeness (QED) is 0.733. The Labute approximate surface area is 132 Å². The third-order valence-electron chi connectivity index (χ3n) is 2.40. The number of anilines is 1. The molecule has 0 fully saturated rings. The van der Waals surface area contributed by atoms with E-state index in [0.29, 0.717) is 4.47 Å². The van der Waals surface area contributed by atoms with E-state index in [9.17, 15) is 14.3 Å². The average molecular weight is 379 g/mol. The lowest BCUT2D eigenvalue weighted by Crippen LogP contribution is -2.12. The van der Waals surface area contributed by atoms with E-state index in [1.807, 2.05) is 0 Å². The van der Waals surface area contributed by atoms with Crippen molar-refractivity contribution in [3.8, 4) is 5.75 Å². The number of phenolic OH excluding ortho intramolecular Hbond substituents is 1. The third kappa shape index (κ3) is 3.42. The van der Waals surface area contributed by atoms with Gasteiger partial charge in [0.1, 0.15) is 5.82 Å². The number of phenols is 1. The molecule has 0 spiro atoms. The van der Waals surface area contributed by atoms with Crippen LogP contribution in [0.2, 0.25) is 10.0 Å². The van der Waals surface area contributed by atoms with Crippen molar-refractivity contribution >= 4 is 50.7 Å². The number of hydrogen-bond acceptors (Lipinski definition) is 2. The standard InChI is InChI=1S/C13H7BrCl2FNO2/c14-7-1-6(2-9(17)3-7)13(20)18-11-5-8(15)4-10(16)12(11)19/h1-5,19H,(H,18,20). The summed E-state index contributed by atoms with van der Waals surface area (Å²) < 4.78 is 13.7. The van der Waals surface area contributed by atoms with Crippen molar-refractivity contribution in [3.63, 3.8) is 0 Å². The number of carbonyl (C=O) groups is 1. The Kier molecular flexibility index (Phi) is 4.52. The molecule has 0 aliphatic carbocycles. The molecule has 0 aliphatic heterocycles. The minimum absolute atomic E-state index is 0.00761. The zero-order valence-electron chi connectivity index (χ0n) is 9.75. The summed E-state index contributed by atoms with van der Waals surface area (Å²) in [4.78, 5) is 12.0. The van der Waals surface area contributed by atoms with E-state index in [4.69, 9.17) is 23.2 Å². The summed E-state index contributed by atoms with van der Waals surface area (Å²) >= 11 is 14.6. The van der Waals surface area contributed by atoms with Gasteiger partial charge in [0.05, 0.1) is 10.7 Å². The number of amides is 1. The van der Waals surface area contributed by atoms with Crippen molar-refractivity contribution in [3.05, 3.63) is 56.2 Å². The molecule has 0 aromatic heterocycles. The molecule has 0 saturated carbocycles. The minimum Gasteiger partial charge on any atom is -0.504 e. The second kappa shape index (κ2) is 5.99. The predicted octanol–water partition coefficient (Wildman–Crippen LogP) is 4.85. The van der Waals surface area contributed by atoms with E-state index in [-0.39, 0.29) is 27.0 Å². The van der Waals surface area contributed by atoms with Gasteiger partial charge in [0.15, 0.2) is 5.75 Å². The van der Waals surface area contributed by atoms with Gasteiger partial charge in [-0.2, -0.15) is 0 Å². The van der Waals surface area contributed by atoms with Crippen LogP contribution < -0.4 is 5.32 Å². The third-order valence-corrected chi connectivity index (χ3v) is 3.37. The van der Waals surface area contributed by atoms with Gasteiger partial charge in [-0.15, -0.1) is 0 Å². The fourth-order valence-electron chi connectivity index (χ4n) is 1.54. The van der Waals surface area contributed by atoms with E-state index in [1.54, 1.807) is 0 Å². The first-order valence-electron chi connectivity index (χ1n) is 5.32. The van der Waals surface area contributed by atoms with Gasteiger partial charge in [0.2, 0.25) is 0 Å². The normalized spacial score (nSPS) is 10.4. The molecule has 2 aromatic carbocycles. The molecule has 0 atom stereocenters. The summed E-state index contributed by atoms with van der Waals surface area (Å²) in [5.41, 5.74) is 0.139. The first-order valence-corrected chi connectivity index (χ1v) is 6.87. The van der Waals surface area contributed by atoms with Gasteiger partial charge in [-0.1, -0.05) is 39.1 Å². The lowest BCUT2D eigenvalue weighted by atomic mass is 10.2. The van der Waals surface area contributed by atoms with Gasteiger partial charge in [-0.3, -0.25) is 4.79 Å². The van der Waals surface area contributed by atoms with Crippen LogP contribution in [0.1, 0.15) is 10.4 Å². The number of rotatable bonds is 2. The Hall–Kier alpha value is -1.30. The van der Waals surface area contributed by atoms with Crippen molar-refractivity contribution < 1.29 is 14.3 Å². The SMILES string of the molecule is O=C(Nc1cc(Cl)cc(Cl)c1O)c1cc(F)cc(Br)c1.